The highest BCUT2D eigenvalue weighted by molar-refractivity contribution is 5.85. The number of nitrogens with one attached hydrogen (secondary N) is 1. The van der Waals surface area contributed by atoms with Crippen LogP contribution in [0.1, 0.15) is 18.0 Å². The van der Waals surface area contributed by atoms with E-state index in [0.29, 0.717) is 5.56 Å². The third-order valence-electron chi connectivity index (χ3n) is 2.46. The van der Waals surface area contributed by atoms with Gasteiger partial charge in [0, 0.05) is 17.8 Å². The molecule has 6 heteroatoms. The highest BCUT2D eigenvalue weighted by Crippen LogP contribution is 2.29. The number of hydrogen-bond acceptors (Lipinski definition) is 1. The van der Waals surface area contributed by atoms with Gasteiger partial charge in [-0.15, -0.1) is 12.4 Å². The maximum Gasteiger partial charge on any atom is 0.390 e. The van der Waals surface area contributed by atoms with Gasteiger partial charge in [0.25, 0.3) is 0 Å². The lowest BCUT2D eigenvalue weighted by atomic mass is 10.0. The zero-order valence-electron chi connectivity index (χ0n) is 8.79. The summed E-state index contributed by atoms with van der Waals surface area (Å²) in [6, 6.07) is 5.84. The first-order valence-electron chi connectivity index (χ1n) is 4.85. The number of nitrogens with two attached hydrogens (primary N) is 1. The first-order valence-corrected chi connectivity index (χ1v) is 4.85. The number of H-pyrrole nitrogens is 1. The van der Waals surface area contributed by atoms with Gasteiger partial charge in [0.2, 0.25) is 0 Å². The quantitative estimate of drug-likeness (QED) is 0.856. The molecular formula is C11H12ClF3N2. The van der Waals surface area contributed by atoms with Crippen molar-refractivity contribution in [1.29, 1.82) is 0 Å². The molecule has 94 valence electrons. The van der Waals surface area contributed by atoms with Gasteiger partial charge in [0.15, 0.2) is 0 Å². The minimum atomic E-state index is -4.23. The summed E-state index contributed by atoms with van der Waals surface area (Å²) < 4.78 is 36.5. The Hall–Kier alpha value is -1.20. The van der Waals surface area contributed by atoms with Gasteiger partial charge < -0.3 is 10.7 Å². The summed E-state index contributed by atoms with van der Waals surface area (Å²) in [5.41, 5.74) is 6.91. The van der Waals surface area contributed by atoms with E-state index in [0.717, 1.165) is 10.9 Å². The van der Waals surface area contributed by atoms with Crippen LogP contribution in [0.5, 0.6) is 0 Å². The summed E-state index contributed by atoms with van der Waals surface area (Å²) in [4.78, 5) is 2.97. The van der Waals surface area contributed by atoms with Crippen LogP contribution in [0.15, 0.2) is 30.5 Å². The number of halogens is 4. The molecule has 0 aliphatic carbocycles. The minimum absolute atomic E-state index is 0. The van der Waals surface area contributed by atoms with E-state index >= 15 is 0 Å². The second kappa shape index (κ2) is 4.98. The Labute approximate surface area is 102 Å². The molecule has 0 aliphatic heterocycles. The molecule has 1 aromatic carbocycles. The molecule has 1 heterocycles. The molecule has 0 fully saturated rings. The molecule has 0 spiro atoms. The number of hydrogen-bond donors (Lipinski definition) is 2. The summed E-state index contributed by atoms with van der Waals surface area (Å²) in [6.45, 7) is 0. The number of fused-ring (bicyclic) bond motifs is 1. The maximum absolute atomic E-state index is 12.2. The molecule has 2 rings (SSSR count). The predicted octanol–water partition coefficient (Wildman–Crippen LogP) is 3.54. The number of benzene rings is 1. The van der Waals surface area contributed by atoms with Crippen molar-refractivity contribution in [3.05, 3.63) is 36.0 Å². The van der Waals surface area contributed by atoms with Crippen LogP contribution in [-0.2, 0) is 0 Å². The second-order valence-electron chi connectivity index (χ2n) is 3.75. The largest absolute Gasteiger partial charge is 0.390 e. The van der Waals surface area contributed by atoms with Crippen molar-refractivity contribution >= 4 is 23.3 Å². The molecule has 0 aliphatic rings. The summed E-state index contributed by atoms with van der Waals surface area (Å²) in [7, 11) is 0. The molecule has 0 radical (unpaired) electrons. The lowest BCUT2D eigenvalue weighted by Crippen LogP contribution is -2.20. The zero-order chi connectivity index (χ0) is 11.8. The first kappa shape index (κ1) is 13.9. The van der Waals surface area contributed by atoms with E-state index in [9.17, 15) is 13.2 Å². The predicted molar refractivity (Wildman–Crippen MR) is 63.1 cm³/mol. The van der Waals surface area contributed by atoms with Gasteiger partial charge in [-0.3, -0.25) is 0 Å². The fourth-order valence-corrected chi connectivity index (χ4v) is 1.67. The maximum atomic E-state index is 12.2. The van der Waals surface area contributed by atoms with Crippen molar-refractivity contribution in [3.8, 4) is 0 Å². The highest BCUT2D eigenvalue weighted by atomic mass is 35.5. The summed E-state index contributed by atoms with van der Waals surface area (Å²) in [6.07, 6.45) is -3.49. The van der Waals surface area contributed by atoms with Crippen molar-refractivity contribution in [2.24, 2.45) is 5.73 Å². The zero-order valence-corrected chi connectivity index (χ0v) is 9.61. The third kappa shape index (κ3) is 3.38. The fraction of sp³-hybridized carbons (Fsp3) is 0.273. The van der Waals surface area contributed by atoms with Crippen LogP contribution in [0.25, 0.3) is 10.9 Å². The first-order chi connectivity index (χ1) is 7.46. The van der Waals surface area contributed by atoms with E-state index < -0.39 is 18.6 Å². The highest BCUT2D eigenvalue weighted by Gasteiger charge is 2.30. The Morgan fingerprint density at radius 2 is 1.94 bits per heavy atom. The van der Waals surface area contributed by atoms with Gasteiger partial charge >= 0.3 is 6.18 Å². The number of rotatable bonds is 2. The van der Waals surface area contributed by atoms with E-state index in [1.807, 2.05) is 0 Å². The molecule has 0 amide bonds. The Kier molecular flexibility index (Phi) is 4.06. The van der Waals surface area contributed by atoms with Crippen molar-refractivity contribution in [2.75, 3.05) is 0 Å². The molecule has 0 bridgehead atoms. The van der Waals surface area contributed by atoms with Crippen molar-refractivity contribution < 1.29 is 13.2 Å². The van der Waals surface area contributed by atoms with Gasteiger partial charge in [-0.1, -0.05) is 6.07 Å². The molecule has 17 heavy (non-hydrogen) atoms. The minimum Gasteiger partial charge on any atom is -0.361 e. The molecule has 2 aromatic rings. The van der Waals surface area contributed by atoms with Crippen LogP contribution in [0.4, 0.5) is 13.2 Å². The van der Waals surface area contributed by atoms with Crippen molar-refractivity contribution in [3.63, 3.8) is 0 Å². The Balaban J connectivity index is 0.00000144. The van der Waals surface area contributed by atoms with Gasteiger partial charge in [0.1, 0.15) is 0 Å². The second-order valence-corrected chi connectivity index (χ2v) is 3.75. The average Bonchev–Trinajstić information content (AvgIpc) is 2.61. The van der Waals surface area contributed by atoms with Crippen LogP contribution in [0.3, 0.4) is 0 Å². The molecule has 0 saturated carbocycles. The third-order valence-corrected chi connectivity index (χ3v) is 2.46. The molecular weight excluding hydrogens is 253 g/mol. The number of aromatic amines is 1. The van der Waals surface area contributed by atoms with Crippen LogP contribution >= 0.6 is 12.4 Å². The molecule has 1 atom stereocenters. The van der Waals surface area contributed by atoms with E-state index in [-0.39, 0.29) is 12.4 Å². The molecule has 0 unspecified atom stereocenters. The topological polar surface area (TPSA) is 41.8 Å². The van der Waals surface area contributed by atoms with E-state index in [4.69, 9.17) is 5.73 Å². The van der Waals surface area contributed by atoms with E-state index in [2.05, 4.69) is 4.98 Å². The van der Waals surface area contributed by atoms with Gasteiger partial charge in [-0.05, 0) is 29.1 Å². The SMILES string of the molecule is Cl.N[C@H](CC(F)(F)F)c1ccc2[nH]ccc2c1. The van der Waals surface area contributed by atoms with Gasteiger partial charge in [-0.25, -0.2) is 0 Å². The summed E-state index contributed by atoms with van der Waals surface area (Å²) >= 11 is 0. The van der Waals surface area contributed by atoms with E-state index in [1.54, 1.807) is 30.5 Å². The van der Waals surface area contributed by atoms with Crippen molar-refractivity contribution in [2.45, 2.75) is 18.6 Å². The number of aromatic nitrogens is 1. The fourth-order valence-electron chi connectivity index (χ4n) is 1.67. The van der Waals surface area contributed by atoms with Gasteiger partial charge in [0.05, 0.1) is 6.42 Å². The Morgan fingerprint density at radius 3 is 2.59 bits per heavy atom. The van der Waals surface area contributed by atoms with Crippen LogP contribution in [0.2, 0.25) is 0 Å². The lowest BCUT2D eigenvalue weighted by molar-refractivity contribution is -0.138. The number of alkyl halides is 3. The standard InChI is InChI=1S/C11H11F3N2.ClH/c12-11(13,14)6-9(15)7-1-2-10-8(5-7)3-4-16-10;/h1-5,9,16H,6,15H2;1H/t9-;/m1./s1. The summed E-state index contributed by atoms with van der Waals surface area (Å²) in [5.74, 6) is 0. The lowest BCUT2D eigenvalue weighted by Gasteiger charge is -2.14. The van der Waals surface area contributed by atoms with Gasteiger partial charge in [-0.2, -0.15) is 13.2 Å². The molecule has 2 nitrogen and oxygen atoms in total. The summed E-state index contributed by atoms with van der Waals surface area (Å²) in [5, 5.41) is 0.870. The van der Waals surface area contributed by atoms with Crippen LogP contribution in [0, 0.1) is 0 Å². The average molecular weight is 265 g/mol. The van der Waals surface area contributed by atoms with Crippen molar-refractivity contribution in [1.82, 2.24) is 4.98 Å². The molecule has 1 aromatic heterocycles. The monoisotopic (exact) mass is 264 g/mol. The van der Waals surface area contributed by atoms with E-state index in [1.165, 1.54) is 0 Å². The smallest absolute Gasteiger partial charge is 0.361 e. The van der Waals surface area contributed by atoms with Crippen LogP contribution in [-0.4, -0.2) is 11.2 Å². The Bertz CT molecular complexity index is 493. The Morgan fingerprint density at radius 1 is 1.24 bits per heavy atom. The molecule has 0 saturated heterocycles. The van der Waals surface area contributed by atoms with Crippen LogP contribution < -0.4 is 5.73 Å². The molecule has 3 N–H and O–H groups in total. The normalized spacial score (nSPS) is 13.4.